The fourth-order valence-corrected chi connectivity index (χ4v) is 2.11. The molecule has 1 aliphatic rings. The van der Waals surface area contributed by atoms with Crippen molar-refractivity contribution in [2.75, 3.05) is 20.1 Å². The molecule has 100 valence electrons. The monoisotopic (exact) mass is 260 g/mol. The first kappa shape index (κ1) is 13.3. The van der Waals surface area contributed by atoms with Gasteiger partial charge in [-0.1, -0.05) is 6.07 Å². The summed E-state index contributed by atoms with van der Waals surface area (Å²) in [6.45, 7) is 1.44. The molecule has 18 heavy (non-hydrogen) atoms. The second-order valence-corrected chi connectivity index (χ2v) is 4.76. The van der Waals surface area contributed by atoms with Crippen molar-refractivity contribution >= 4 is 0 Å². The Morgan fingerprint density at radius 3 is 2.33 bits per heavy atom. The van der Waals surface area contributed by atoms with Crippen molar-refractivity contribution in [2.45, 2.75) is 24.6 Å². The Labute approximate surface area is 103 Å². The van der Waals surface area contributed by atoms with Gasteiger partial charge in [-0.2, -0.15) is 13.2 Å². The summed E-state index contributed by atoms with van der Waals surface area (Å²) in [6.07, 6.45) is -2.28. The molecular formula is C12H15F3N2O. The van der Waals surface area contributed by atoms with E-state index in [1.54, 1.807) is 0 Å². The highest BCUT2D eigenvalue weighted by atomic mass is 19.4. The van der Waals surface area contributed by atoms with Crippen LogP contribution in [-0.2, 0) is 11.8 Å². The number of rotatable bonds is 1. The molecule has 1 aromatic heterocycles. The van der Waals surface area contributed by atoms with Gasteiger partial charge < -0.3 is 10.0 Å². The predicted molar refractivity (Wildman–Crippen MR) is 59.9 cm³/mol. The first-order valence-electron chi connectivity index (χ1n) is 5.76. The summed E-state index contributed by atoms with van der Waals surface area (Å²) in [6, 6.07) is 2.24. The van der Waals surface area contributed by atoms with E-state index in [1.165, 1.54) is 6.07 Å². The van der Waals surface area contributed by atoms with Gasteiger partial charge in [-0.3, -0.25) is 4.98 Å². The molecule has 1 saturated heterocycles. The minimum Gasteiger partial charge on any atom is -0.385 e. The first-order valence-corrected chi connectivity index (χ1v) is 5.76. The number of hydrogen-bond acceptors (Lipinski definition) is 3. The molecule has 0 atom stereocenters. The molecule has 0 radical (unpaired) electrons. The first-order chi connectivity index (χ1) is 8.31. The van der Waals surface area contributed by atoms with Crippen molar-refractivity contribution in [1.82, 2.24) is 9.88 Å². The lowest BCUT2D eigenvalue weighted by Gasteiger charge is -2.36. The molecular weight excluding hydrogens is 245 g/mol. The van der Waals surface area contributed by atoms with Crippen LogP contribution in [-0.4, -0.2) is 35.1 Å². The quantitative estimate of drug-likeness (QED) is 0.839. The highest BCUT2D eigenvalue weighted by molar-refractivity contribution is 5.22. The molecule has 6 heteroatoms. The third-order valence-corrected chi connectivity index (χ3v) is 3.41. The van der Waals surface area contributed by atoms with Gasteiger partial charge in [0.25, 0.3) is 0 Å². The maximum Gasteiger partial charge on any atom is 0.433 e. The van der Waals surface area contributed by atoms with E-state index in [0.29, 0.717) is 18.4 Å². The van der Waals surface area contributed by atoms with Crippen LogP contribution in [0.1, 0.15) is 24.1 Å². The van der Waals surface area contributed by atoms with Crippen LogP contribution in [0.4, 0.5) is 13.2 Å². The Morgan fingerprint density at radius 2 is 1.89 bits per heavy atom. The number of aliphatic hydroxyl groups is 1. The molecule has 1 fully saturated rings. The molecule has 2 heterocycles. The highest BCUT2D eigenvalue weighted by Gasteiger charge is 2.36. The van der Waals surface area contributed by atoms with E-state index in [1.807, 2.05) is 7.05 Å². The molecule has 1 N–H and O–H groups in total. The van der Waals surface area contributed by atoms with Crippen molar-refractivity contribution < 1.29 is 18.3 Å². The van der Waals surface area contributed by atoms with Crippen LogP contribution in [0.3, 0.4) is 0 Å². The van der Waals surface area contributed by atoms with Gasteiger partial charge in [0.05, 0.1) is 5.60 Å². The largest absolute Gasteiger partial charge is 0.433 e. The molecule has 0 bridgehead atoms. The highest BCUT2D eigenvalue weighted by Crippen LogP contribution is 2.33. The standard InChI is InChI=1S/C12H15F3N2O/c1-17-6-4-11(18,5-7-17)9-2-3-10(16-8-9)12(13,14)15/h2-3,8,18H,4-7H2,1H3. The van der Waals surface area contributed by atoms with Crippen molar-refractivity contribution in [3.8, 4) is 0 Å². The summed E-state index contributed by atoms with van der Waals surface area (Å²) < 4.78 is 37.1. The molecule has 1 aliphatic heterocycles. The predicted octanol–water partition coefficient (Wildman–Crippen LogP) is 2.01. The van der Waals surface area contributed by atoms with Gasteiger partial charge in [0.1, 0.15) is 5.69 Å². The third kappa shape index (κ3) is 2.64. The molecule has 0 spiro atoms. The van der Waals surface area contributed by atoms with Crippen LogP contribution in [0.5, 0.6) is 0 Å². The Morgan fingerprint density at radius 1 is 1.28 bits per heavy atom. The summed E-state index contributed by atoms with van der Waals surface area (Å²) in [5.41, 5.74) is -1.52. The molecule has 3 nitrogen and oxygen atoms in total. The number of nitrogens with zero attached hydrogens (tertiary/aromatic N) is 2. The number of piperidine rings is 1. The molecule has 1 aromatic rings. The van der Waals surface area contributed by atoms with Crippen LogP contribution in [0.2, 0.25) is 0 Å². The fourth-order valence-electron chi connectivity index (χ4n) is 2.11. The zero-order valence-corrected chi connectivity index (χ0v) is 10.0. The Kier molecular flexibility index (Phi) is 3.33. The fraction of sp³-hybridized carbons (Fsp3) is 0.583. The average molecular weight is 260 g/mol. The van der Waals surface area contributed by atoms with Crippen LogP contribution >= 0.6 is 0 Å². The average Bonchev–Trinajstić information content (AvgIpc) is 2.32. The van der Waals surface area contributed by atoms with E-state index >= 15 is 0 Å². The topological polar surface area (TPSA) is 36.4 Å². The normalized spacial score (nSPS) is 20.9. The Hall–Kier alpha value is -1.14. The summed E-state index contributed by atoms with van der Waals surface area (Å²) in [5, 5.41) is 10.4. The minimum absolute atomic E-state index is 0.462. The lowest BCUT2D eigenvalue weighted by atomic mass is 9.85. The maximum atomic E-state index is 12.4. The van der Waals surface area contributed by atoms with E-state index in [-0.39, 0.29) is 0 Å². The molecule has 0 saturated carbocycles. The third-order valence-electron chi connectivity index (χ3n) is 3.41. The molecule has 0 unspecified atom stereocenters. The summed E-state index contributed by atoms with van der Waals surface area (Å²) >= 11 is 0. The Bertz CT molecular complexity index is 408. The maximum absolute atomic E-state index is 12.4. The van der Waals surface area contributed by atoms with Crippen LogP contribution < -0.4 is 0 Å². The number of alkyl halides is 3. The van der Waals surface area contributed by atoms with E-state index in [4.69, 9.17) is 0 Å². The second-order valence-electron chi connectivity index (χ2n) is 4.76. The number of halogens is 3. The number of likely N-dealkylation sites (tertiary alicyclic amines) is 1. The minimum atomic E-state index is -4.44. The lowest BCUT2D eigenvalue weighted by molar-refractivity contribution is -0.141. The van der Waals surface area contributed by atoms with Crippen molar-refractivity contribution in [1.29, 1.82) is 0 Å². The van der Waals surface area contributed by atoms with Gasteiger partial charge in [-0.15, -0.1) is 0 Å². The van der Waals surface area contributed by atoms with Gasteiger partial charge in [-0.05, 0) is 26.0 Å². The van der Waals surface area contributed by atoms with E-state index in [2.05, 4.69) is 9.88 Å². The van der Waals surface area contributed by atoms with Gasteiger partial charge in [-0.25, -0.2) is 0 Å². The van der Waals surface area contributed by atoms with E-state index in [0.717, 1.165) is 25.4 Å². The van der Waals surface area contributed by atoms with Crippen molar-refractivity contribution in [3.05, 3.63) is 29.6 Å². The molecule has 0 aliphatic carbocycles. The zero-order valence-electron chi connectivity index (χ0n) is 10.0. The zero-order chi connectivity index (χ0) is 13.4. The van der Waals surface area contributed by atoms with Gasteiger partial charge >= 0.3 is 6.18 Å². The van der Waals surface area contributed by atoms with E-state index in [9.17, 15) is 18.3 Å². The van der Waals surface area contributed by atoms with Crippen LogP contribution in [0.15, 0.2) is 18.3 Å². The number of aromatic nitrogens is 1. The second kappa shape index (κ2) is 4.51. The molecule has 2 rings (SSSR count). The van der Waals surface area contributed by atoms with E-state index < -0.39 is 17.5 Å². The van der Waals surface area contributed by atoms with Crippen LogP contribution in [0, 0.1) is 0 Å². The summed E-state index contributed by atoms with van der Waals surface area (Å²) in [5.74, 6) is 0. The lowest BCUT2D eigenvalue weighted by Crippen LogP contribution is -2.40. The van der Waals surface area contributed by atoms with Gasteiger partial charge in [0.15, 0.2) is 0 Å². The van der Waals surface area contributed by atoms with Crippen molar-refractivity contribution in [2.24, 2.45) is 0 Å². The number of hydrogen-bond donors (Lipinski definition) is 1. The number of pyridine rings is 1. The SMILES string of the molecule is CN1CCC(O)(c2ccc(C(F)(F)F)nc2)CC1. The van der Waals surface area contributed by atoms with Crippen molar-refractivity contribution in [3.63, 3.8) is 0 Å². The van der Waals surface area contributed by atoms with Gasteiger partial charge in [0.2, 0.25) is 0 Å². The van der Waals surface area contributed by atoms with Crippen LogP contribution in [0.25, 0.3) is 0 Å². The molecule has 0 aromatic carbocycles. The van der Waals surface area contributed by atoms with Gasteiger partial charge in [0, 0.05) is 24.8 Å². The molecule has 0 amide bonds. The summed E-state index contributed by atoms with van der Waals surface area (Å²) in [7, 11) is 1.95. The summed E-state index contributed by atoms with van der Waals surface area (Å²) in [4.78, 5) is 5.47. The smallest absolute Gasteiger partial charge is 0.385 e. The Balaban J connectivity index is 2.19.